The number of hydrogen-bond acceptors (Lipinski definition) is 2. The van der Waals surface area contributed by atoms with Gasteiger partial charge in [-0.2, -0.15) is 0 Å². The molecule has 0 aliphatic carbocycles. The lowest BCUT2D eigenvalue weighted by Crippen LogP contribution is -2.27. The third kappa shape index (κ3) is 9.92. The average molecular weight is 171 g/mol. The van der Waals surface area contributed by atoms with E-state index in [2.05, 4.69) is 24.5 Å². The Morgan fingerprint density at radius 2 is 1.67 bits per heavy atom. The van der Waals surface area contributed by atoms with Crippen LogP contribution in [0.4, 0.5) is 0 Å². The second-order valence-corrected chi connectivity index (χ2v) is 3.06. The standard InChI is InChI=1S/C10H23N2/c1-3-5-6-7-8-12-10-9-11-4-2/h11-12H,2-10H2,1H3. The normalized spacial score (nSPS) is 10.5. The third-order valence-corrected chi connectivity index (χ3v) is 1.86. The molecule has 2 heteroatoms. The first kappa shape index (κ1) is 11.9. The van der Waals surface area contributed by atoms with E-state index in [-0.39, 0.29) is 0 Å². The van der Waals surface area contributed by atoms with Gasteiger partial charge in [-0.3, -0.25) is 0 Å². The van der Waals surface area contributed by atoms with Crippen LogP contribution in [0.25, 0.3) is 0 Å². The highest BCUT2D eigenvalue weighted by atomic mass is 14.9. The molecule has 0 unspecified atom stereocenters. The molecule has 0 aromatic heterocycles. The van der Waals surface area contributed by atoms with E-state index in [1.54, 1.807) is 0 Å². The molecule has 0 rings (SSSR count). The fraction of sp³-hybridized carbons (Fsp3) is 0.900. The smallest absolute Gasteiger partial charge is 0.00767 e. The first-order valence-electron chi connectivity index (χ1n) is 5.12. The van der Waals surface area contributed by atoms with Crippen molar-refractivity contribution < 1.29 is 0 Å². The molecule has 0 bridgehead atoms. The lowest BCUT2D eigenvalue weighted by Gasteiger charge is -2.04. The SMILES string of the molecule is [CH2]CNCCNCCCCCC. The molecule has 2 nitrogen and oxygen atoms in total. The van der Waals surface area contributed by atoms with Crippen LogP contribution in [0, 0.1) is 6.92 Å². The molecule has 0 aromatic carbocycles. The Balaban J connectivity index is 2.73. The first-order chi connectivity index (χ1) is 5.91. The molecule has 0 saturated carbocycles. The second-order valence-electron chi connectivity index (χ2n) is 3.06. The summed E-state index contributed by atoms with van der Waals surface area (Å²) < 4.78 is 0. The van der Waals surface area contributed by atoms with Crippen molar-refractivity contribution in [1.29, 1.82) is 0 Å². The van der Waals surface area contributed by atoms with Gasteiger partial charge in [-0.25, -0.2) is 0 Å². The van der Waals surface area contributed by atoms with Gasteiger partial charge in [0.15, 0.2) is 0 Å². The molecule has 0 heterocycles. The van der Waals surface area contributed by atoms with Crippen molar-refractivity contribution >= 4 is 0 Å². The van der Waals surface area contributed by atoms with Crippen LogP contribution in [0.15, 0.2) is 0 Å². The summed E-state index contributed by atoms with van der Waals surface area (Å²) in [5, 5.41) is 6.57. The number of hydrogen-bond donors (Lipinski definition) is 2. The van der Waals surface area contributed by atoms with Gasteiger partial charge in [0.25, 0.3) is 0 Å². The lowest BCUT2D eigenvalue weighted by molar-refractivity contribution is 0.582. The number of nitrogens with one attached hydrogen (secondary N) is 2. The Morgan fingerprint density at radius 1 is 0.917 bits per heavy atom. The Labute approximate surface area is 77.1 Å². The van der Waals surface area contributed by atoms with Crippen LogP contribution in [0.2, 0.25) is 0 Å². The van der Waals surface area contributed by atoms with Crippen molar-refractivity contribution in [2.75, 3.05) is 26.2 Å². The van der Waals surface area contributed by atoms with Crippen LogP contribution < -0.4 is 10.6 Å². The van der Waals surface area contributed by atoms with Gasteiger partial charge in [-0.15, -0.1) is 0 Å². The van der Waals surface area contributed by atoms with Crippen molar-refractivity contribution in [3.05, 3.63) is 6.92 Å². The van der Waals surface area contributed by atoms with E-state index in [1.165, 1.54) is 32.2 Å². The highest BCUT2D eigenvalue weighted by Crippen LogP contribution is 1.96. The van der Waals surface area contributed by atoms with Crippen molar-refractivity contribution in [2.24, 2.45) is 0 Å². The summed E-state index contributed by atoms with van der Waals surface area (Å²) in [6.07, 6.45) is 5.38. The molecule has 0 atom stereocenters. The summed E-state index contributed by atoms with van der Waals surface area (Å²) in [4.78, 5) is 0. The summed E-state index contributed by atoms with van der Waals surface area (Å²) in [7, 11) is 0. The molecular weight excluding hydrogens is 148 g/mol. The molecule has 0 fully saturated rings. The number of unbranched alkanes of at least 4 members (excludes halogenated alkanes) is 3. The van der Waals surface area contributed by atoms with Crippen molar-refractivity contribution in [3.8, 4) is 0 Å². The lowest BCUT2D eigenvalue weighted by atomic mass is 10.2. The minimum atomic E-state index is 0.831. The summed E-state index contributed by atoms with van der Waals surface area (Å²) >= 11 is 0. The molecule has 0 amide bonds. The van der Waals surface area contributed by atoms with Gasteiger partial charge in [0.05, 0.1) is 0 Å². The van der Waals surface area contributed by atoms with Gasteiger partial charge >= 0.3 is 0 Å². The molecule has 0 aliphatic rings. The molecule has 12 heavy (non-hydrogen) atoms. The highest BCUT2D eigenvalue weighted by Gasteiger charge is 1.87. The fourth-order valence-electron chi connectivity index (χ4n) is 1.10. The molecule has 73 valence electrons. The van der Waals surface area contributed by atoms with Crippen LogP contribution in [0.1, 0.15) is 32.6 Å². The molecule has 0 aliphatic heterocycles. The van der Waals surface area contributed by atoms with Crippen molar-refractivity contribution in [1.82, 2.24) is 10.6 Å². The van der Waals surface area contributed by atoms with Crippen LogP contribution >= 0.6 is 0 Å². The summed E-state index contributed by atoms with van der Waals surface area (Å²) in [5.41, 5.74) is 0. The van der Waals surface area contributed by atoms with Gasteiger partial charge in [-0.05, 0) is 26.4 Å². The van der Waals surface area contributed by atoms with E-state index < -0.39 is 0 Å². The maximum atomic E-state index is 3.71. The minimum Gasteiger partial charge on any atom is -0.315 e. The zero-order valence-electron chi connectivity index (χ0n) is 8.36. The van der Waals surface area contributed by atoms with E-state index in [4.69, 9.17) is 0 Å². The second kappa shape index (κ2) is 10.9. The van der Waals surface area contributed by atoms with Crippen molar-refractivity contribution in [2.45, 2.75) is 32.6 Å². The predicted molar refractivity (Wildman–Crippen MR) is 55.2 cm³/mol. The van der Waals surface area contributed by atoms with E-state index in [0.717, 1.165) is 19.6 Å². The maximum absolute atomic E-state index is 3.71. The maximum Gasteiger partial charge on any atom is 0.00767 e. The molecule has 2 N–H and O–H groups in total. The van der Waals surface area contributed by atoms with Crippen LogP contribution in [-0.4, -0.2) is 26.2 Å². The molecular formula is C10H23N2. The van der Waals surface area contributed by atoms with Gasteiger partial charge < -0.3 is 10.6 Å². The van der Waals surface area contributed by atoms with E-state index in [0.29, 0.717) is 0 Å². The third-order valence-electron chi connectivity index (χ3n) is 1.86. The minimum absolute atomic E-state index is 0.831. The summed E-state index contributed by atoms with van der Waals surface area (Å²) in [5.74, 6) is 0. The van der Waals surface area contributed by atoms with Crippen molar-refractivity contribution in [3.63, 3.8) is 0 Å². The largest absolute Gasteiger partial charge is 0.315 e. The average Bonchev–Trinajstić information content (AvgIpc) is 2.10. The molecule has 0 spiro atoms. The van der Waals surface area contributed by atoms with E-state index >= 15 is 0 Å². The zero-order valence-corrected chi connectivity index (χ0v) is 8.36. The highest BCUT2D eigenvalue weighted by molar-refractivity contribution is 4.52. The number of rotatable bonds is 9. The molecule has 0 aromatic rings. The van der Waals surface area contributed by atoms with Crippen LogP contribution in [-0.2, 0) is 0 Å². The quantitative estimate of drug-likeness (QED) is 0.515. The predicted octanol–water partition coefficient (Wildman–Crippen LogP) is 1.58. The fourth-order valence-corrected chi connectivity index (χ4v) is 1.10. The van der Waals surface area contributed by atoms with Gasteiger partial charge in [-0.1, -0.05) is 26.2 Å². The molecule has 1 radical (unpaired) electrons. The Morgan fingerprint density at radius 3 is 2.33 bits per heavy atom. The van der Waals surface area contributed by atoms with Gasteiger partial charge in [0, 0.05) is 13.1 Å². The van der Waals surface area contributed by atoms with Crippen LogP contribution in [0.3, 0.4) is 0 Å². The van der Waals surface area contributed by atoms with Crippen LogP contribution in [0.5, 0.6) is 0 Å². The zero-order chi connectivity index (χ0) is 9.07. The van der Waals surface area contributed by atoms with E-state index in [1.807, 2.05) is 0 Å². The summed E-state index contributed by atoms with van der Waals surface area (Å²) in [6, 6.07) is 0. The monoisotopic (exact) mass is 171 g/mol. The first-order valence-corrected chi connectivity index (χ1v) is 5.12. The molecule has 0 saturated heterocycles. The topological polar surface area (TPSA) is 24.1 Å². The Hall–Kier alpha value is -0.0800. The summed E-state index contributed by atoms with van der Waals surface area (Å²) in [6.45, 7) is 10.1. The van der Waals surface area contributed by atoms with E-state index in [9.17, 15) is 0 Å². The van der Waals surface area contributed by atoms with Gasteiger partial charge in [0.2, 0.25) is 0 Å². The Bertz CT molecular complexity index is 64.2. The Kier molecular flexibility index (Phi) is 10.8. The van der Waals surface area contributed by atoms with Gasteiger partial charge in [0.1, 0.15) is 0 Å².